The molecule has 100 valence electrons. The lowest BCUT2D eigenvalue weighted by Gasteiger charge is -2.24. The first-order chi connectivity index (χ1) is 8.21. The summed E-state index contributed by atoms with van der Waals surface area (Å²) in [5, 5.41) is 8.65. The smallest absolute Gasteiger partial charge is 0.306 e. The Morgan fingerprint density at radius 3 is 2.50 bits per heavy atom. The van der Waals surface area contributed by atoms with Gasteiger partial charge in [0.15, 0.2) is 0 Å². The van der Waals surface area contributed by atoms with Crippen LogP contribution in [0, 0.1) is 6.92 Å². The average molecular weight is 315 g/mol. The van der Waals surface area contributed by atoms with E-state index in [-0.39, 0.29) is 18.4 Å². The molecule has 3 nitrogen and oxygen atoms in total. The molecule has 0 saturated heterocycles. The third kappa shape index (κ3) is 4.02. The van der Waals surface area contributed by atoms with Crippen molar-refractivity contribution in [3.05, 3.63) is 27.7 Å². The van der Waals surface area contributed by atoms with Gasteiger partial charge in [-0.05, 0) is 30.0 Å². The minimum absolute atomic E-state index is 0.0130. The van der Waals surface area contributed by atoms with E-state index in [4.69, 9.17) is 9.84 Å². The largest absolute Gasteiger partial charge is 0.492 e. The Labute approximate surface area is 116 Å². The van der Waals surface area contributed by atoms with Crippen molar-refractivity contribution in [2.24, 2.45) is 0 Å². The number of benzene rings is 1. The molecule has 0 spiro atoms. The maximum absolute atomic E-state index is 10.5. The van der Waals surface area contributed by atoms with E-state index >= 15 is 0 Å². The van der Waals surface area contributed by atoms with E-state index in [1.54, 1.807) is 0 Å². The molecule has 0 unspecified atom stereocenters. The van der Waals surface area contributed by atoms with E-state index in [9.17, 15) is 4.79 Å². The van der Waals surface area contributed by atoms with Crippen LogP contribution in [-0.4, -0.2) is 17.7 Å². The Kier molecular flexibility index (Phi) is 4.79. The lowest BCUT2D eigenvalue weighted by atomic mass is 9.85. The molecular weight excluding hydrogens is 296 g/mol. The predicted octanol–water partition coefficient (Wildman–Crippen LogP) is 3.91. The molecule has 0 bridgehead atoms. The normalized spacial score (nSPS) is 11.4. The van der Waals surface area contributed by atoms with Crippen LogP contribution >= 0.6 is 15.9 Å². The molecule has 0 radical (unpaired) electrons. The molecule has 0 aromatic heterocycles. The molecule has 1 rings (SSSR count). The Morgan fingerprint density at radius 2 is 2.00 bits per heavy atom. The number of hydrogen-bond acceptors (Lipinski definition) is 2. The van der Waals surface area contributed by atoms with Crippen LogP contribution in [0.3, 0.4) is 0 Å². The molecule has 4 heteroatoms. The quantitative estimate of drug-likeness (QED) is 0.916. The van der Waals surface area contributed by atoms with Gasteiger partial charge in [-0.15, -0.1) is 0 Å². The molecule has 0 heterocycles. The van der Waals surface area contributed by atoms with Gasteiger partial charge in [-0.1, -0.05) is 36.7 Å². The van der Waals surface area contributed by atoms with Crippen molar-refractivity contribution in [2.75, 3.05) is 6.61 Å². The predicted molar refractivity (Wildman–Crippen MR) is 75.3 cm³/mol. The van der Waals surface area contributed by atoms with Crippen molar-refractivity contribution in [1.82, 2.24) is 0 Å². The minimum atomic E-state index is -0.845. The molecule has 18 heavy (non-hydrogen) atoms. The second kappa shape index (κ2) is 5.74. The van der Waals surface area contributed by atoms with Gasteiger partial charge in [0.05, 0.1) is 13.0 Å². The van der Waals surface area contributed by atoms with Crippen LogP contribution in [-0.2, 0) is 10.2 Å². The van der Waals surface area contributed by atoms with Crippen LogP contribution in [0.5, 0.6) is 5.75 Å². The van der Waals surface area contributed by atoms with Crippen LogP contribution in [0.25, 0.3) is 0 Å². The van der Waals surface area contributed by atoms with Gasteiger partial charge in [-0.2, -0.15) is 0 Å². The van der Waals surface area contributed by atoms with Crippen LogP contribution in [0.2, 0.25) is 0 Å². The summed E-state index contributed by atoms with van der Waals surface area (Å²) in [6, 6.07) is 4.01. The van der Waals surface area contributed by atoms with Gasteiger partial charge in [0.2, 0.25) is 0 Å². The fourth-order valence-corrected chi connectivity index (χ4v) is 2.29. The number of halogens is 1. The molecule has 0 amide bonds. The van der Waals surface area contributed by atoms with E-state index in [2.05, 4.69) is 36.7 Å². The van der Waals surface area contributed by atoms with Crippen molar-refractivity contribution in [2.45, 2.75) is 39.5 Å². The van der Waals surface area contributed by atoms with Gasteiger partial charge in [0.25, 0.3) is 0 Å². The highest BCUT2D eigenvalue weighted by Crippen LogP contribution is 2.36. The van der Waals surface area contributed by atoms with Gasteiger partial charge in [-0.3, -0.25) is 4.79 Å². The highest BCUT2D eigenvalue weighted by Gasteiger charge is 2.21. The lowest BCUT2D eigenvalue weighted by Crippen LogP contribution is -2.15. The summed E-state index contributed by atoms with van der Waals surface area (Å²) in [5.41, 5.74) is 2.05. The average Bonchev–Trinajstić information content (AvgIpc) is 2.18. The summed E-state index contributed by atoms with van der Waals surface area (Å²) in [6.45, 7) is 8.49. The Hall–Kier alpha value is -1.03. The summed E-state index contributed by atoms with van der Waals surface area (Å²) in [5.74, 6) is -0.0472. The van der Waals surface area contributed by atoms with Gasteiger partial charge in [-0.25, -0.2) is 0 Å². The third-order valence-electron chi connectivity index (χ3n) is 2.61. The van der Waals surface area contributed by atoms with E-state index in [0.29, 0.717) is 0 Å². The van der Waals surface area contributed by atoms with Crippen molar-refractivity contribution in [3.8, 4) is 5.75 Å². The third-order valence-corrected chi connectivity index (χ3v) is 3.07. The van der Waals surface area contributed by atoms with Crippen LogP contribution in [0.1, 0.15) is 38.3 Å². The minimum Gasteiger partial charge on any atom is -0.492 e. The van der Waals surface area contributed by atoms with Crippen LogP contribution in [0.4, 0.5) is 0 Å². The number of hydrogen-bond donors (Lipinski definition) is 1. The van der Waals surface area contributed by atoms with Gasteiger partial charge in [0, 0.05) is 10.0 Å². The molecule has 0 aliphatic carbocycles. The fraction of sp³-hybridized carbons (Fsp3) is 0.500. The van der Waals surface area contributed by atoms with E-state index in [1.807, 2.05) is 19.1 Å². The zero-order valence-corrected chi connectivity index (χ0v) is 12.8. The number of rotatable bonds is 4. The number of carboxylic acids is 1. The lowest BCUT2D eigenvalue weighted by molar-refractivity contribution is -0.137. The van der Waals surface area contributed by atoms with Crippen LogP contribution < -0.4 is 4.74 Å². The second-order valence-electron chi connectivity index (χ2n) is 5.34. The first-order valence-corrected chi connectivity index (χ1v) is 6.66. The zero-order valence-electron chi connectivity index (χ0n) is 11.2. The maximum atomic E-state index is 10.5. The molecule has 1 aromatic rings. The molecule has 0 fully saturated rings. The van der Waals surface area contributed by atoms with E-state index < -0.39 is 5.97 Å². The monoisotopic (exact) mass is 314 g/mol. The van der Waals surface area contributed by atoms with E-state index in [0.717, 1.165) is 21.3 Å². The molecule has 0 atom stereocenters. The number of ether oxygens (including phenoxy) is 1. The SMILES string of the molecule is Cc1cc(Br)cc(C(C)(C)C)c1OCCC(=O)O. The van der Waals surface area contributed by atoms with Crippen molar-refractivity contribution >= 4 is 21.9 Å². The Morgan fingerprint density at radius 1 is 1.39 bits per heavy atom. The highest BCUT2D eigenvalue weighted by atomic mass is 79.9. The first-order valence-electron chi connectivity index (χ1n) is 5.87. The van der Waals surface area contributed by atoms with Crippen molar-refractivity contribution < 1.29 is 14.6 Å². The maximum Gasteiger partial charge on any atom is 0.306 e. The zero-order chi connectivity index (χ0) is 13.9. The molecule has 0 aliphatic rings. The van der Waals surface area contributed by atoms with Gasteiger partial charge in [0.1, 0.15) is 5.75 Å². The first kappa shape index (κ1) is 15.0. The summed E-state index contributed by atoms with van der Waals surface area (Å²) in [4.78, 5) is 10.5. The van der Waals surface area contributed by atoms with Gasteiger partial charge < -0.3 is 9.84 Å². The number of aliphatic carboxylic acids is 1. The topological polar surface area (TPSA) is 46.5 Å². The summed E-state index contributed by atoms with van der Waals surface area (Å²) < 4.78 is 6.67. The summed E-state index contributed by atoms with van der Waals surface area (Å²) >= 11 is 3.48. The Balaban J connectivity index is 3.04. The standard InChI is InChI=1S/C14H19BrO3/c1-9-7-10(15)8-11(14(2,3)4)13(9)18-6-5-12(16)17/h7-8H,5-6H2,1-4H3,(H,16,17). The highest BCUT2D eigenvalue weighted by molar-refractivity contribution is 9.10. The van der Waals surface area contributed by atoms with Crippen molar-refractivity contribution in [3.63, 3.8) is 0 Å². The number of carbonyl (C=O) groups is 1. The summed E-state index contributed by atoms with van der Waals surface area (Å²) in [7, 11) is 0. The molecule has 1 aromatic carbocycles. The second-order valence-corrected chi connectivity index (χ2v) is 6.26. The number of carboxylic acid groups (broad SMARTS) is 1. The van der Waals surface area contributed by atoms with Crippen LogP contribution in [0.15, 0.2) is 16.6 Å². The Bertz CT molecular complexity index is 447. The fourth-order valence-electron chi connectivity index (χ4n) is 1.72. The molecule has 1 N–H and O–H groups in total. The molecule has 0 saturated carbocycles. The molecular formula is C14H19BrO3. The van der Waals surface area contributed by atoms with Crippen molar-refractivity contribution in [1.29, 1.82) is 0 Å². The summed E-state index contributed by atoms with van der Waals surface area (Å²) in [6.07, 6.45) is 0.0130. The van der Waals surface area contributed by atoms with E-state index in [1.165, 1.54) is 0 Å². The number of aryl methyl sites for hydroxylation is 1. The van der Waals surface area contributed by atoms with Gasteiger partial charge >= 0.3 is 5.97 Å². The molecule has 0 aliphatic heterocycles.